The van der Waals surface area contributed by atoms with Gasteiger partial charge in [-0.05, 0) is 114 Å². The quantitative estimate of drug-likeness (QED) is 0.0736. The molecule has 36 heteroatoms. The maximum absolute atomic E-state index is 14.3. The van der Waals surface area contributed by atoms with Gasteiger partial charge in [0.15, 0.2) is 104 Å². The van der Waals surface area contributed by atoms with Crippen LogP contribution in [-0.2, 0) is 0 Å². The van der Waals surface area contributed by atoms with Gasteiger partial charge in [-0.15, -0.1) is 29.9 Å². The number of hydrogen-bond acceptors (Lipinski definition) is 24. The molecule has 0 aliphatic carbocycles. The van der Waals surface area contributed by atoms with Crippen molar-refractivity contribution in [3.8, 4) is 69.8 Å². The zero-order chi connectivity index (χ0) is 95.8. The zero-order valence-corrected chi connectivity index (χ0v) is 69.9. The van der Waals surface area contributed by atoms with Gasteiger partial charge in [0.1, 0.15) is 36.4 Å². The second-order valence-electron chi connectivity index (χ2n) is 29.6. The van der Waals surface area contributed by atoms with Crippen molar-refractivity contribution in [1.29, 1.82) is 31.6 Å². The minimum Gasteiger partial charge on any atom is -0.370 e. The highest BCUT2D eigenvalue weighted by Gasteiger charge is 2.47. The Hall–Kier alpha value is -21.8. The maximum atomic E-state index is 14.3. The van der Waals surface area contributed by atoms with Gasteiger partial charge in [0.2, 0.25) is 0 Å². The summed E-state index contributed by atoms with van der Waals surface area (Å²) in [7, 11) is 0. The second-order valence-corrected chi connectivity index (χ2v) is 29.6. The molecule has 9 heterocycles. The van der Waals surface area contributed by atoms with Gasteiger partial charge in [-0.1, -0.05) is 221 Å². The van der Waals surface area contributed by atoms with E-state index >= 15 is 0 Å². The highest BCUT2D eigenvalue weighted by molar-refractivity contribution is 6.05. The van der Waals surface area contributed by atoms with E-state index in [-0.39, 0.29) is 92.6 Å². The lowest BCUT2D eigenvalue weighted by molar-refractivity contribution is 0.447. The summed E-state index contributed by atoms with van der Waals surface area (Å²) in [5.74, 6) is -12.7. The van der Waals surface area contributed by atoms with Crippen molar-refractivity contribution >= 4 is 171 Å². The maximum Gasteiger partial charge on any atom is 0.300 e. The van der Waals surface area contributed by atoms with Crippen molar-refractivity contribution in [2.45, 2.75) is 0 Å². The molecule has 0 saturated carbocycles. The summed E-state index contributed by atoms with van der Waals surface area (Å²) in [6.45, 7) is 45.7. The molecule has 0 spiro atoms. The molecule has 12 aromatic carbocycles. The molecule has 0 atom stereocenters. The lowest BCUT2D eigenvalue weighted by atomic mass is 9.98. The van der Waals surface area contributed by atoms with Gasteiger partial charge in [0.25, 0.3) is 34.9 Å². The van der Waals surface area contributed by atoms with Crippen LogP contribution in [0.4, 0.5) is 165 Å². The van der Waals surface area contributed by atoms with E-state index in [1.54, 1.807) is 31.7 Å². The Kier molecular flexibility index (Phi) is 21.9. The molecule has 3 aliphatic rings. The number of anilines is 18. The zero-order valence-electron chi connectivity index (χ0n) is 69.9. The molecule has 6 aromatic heterocycles. The largest absolute Gasteiger partial charge is 0.370 e. The number of aromatic nitrogens is 12. The van der Waals surface area contributed by atoms with Crippen LogP contribution in [0.5, 0.6) is 0 Å². The minimum atomic E-state index is -1.83. The van der Waals surface area contributed by atoms with Crippen molar-refractivity contribution in [2.75, 3.05) is 29.4 Å². The van der Waals surface area contributed by atoms with Crippen LogP contribution in [0.25, 0.3) is 94.8 Å². The Morgan fingerprint density at radius 1 is 0.210 bits per heavy atom. The van der Waals surface area contributed by atoms with Crippen LogP contribution < -0.4 is 29.4 Å². The average molecular weight is 1800 g/mol. The summed E-state index contributed by atoms with van der Waals surface area (Å²) >= 11 is 0. The van der Waals surface area contributed by atoms with Crippen molar-refractivity contribution in [3.05, 3.63) is 392 Å². The third-order valence-corrected chi connectivity index (χ3v) is 22.0. The van der Waals surface area contributed by atoms with E-state index in [1.165, 1.54) is 0 Å². The summed E-state index contributed by atoms with van der Waals surface area (Å²) in [6, 6.07) is 88.5. The van der Waals surface area contributed by atoms with Gasteiger partial charge in [-0.3, -0.25) is 29.4 Å². The van der Waals surface area contributed by atoms with Crippen LogP contribution in [-0.4, -0.2) is 59.8 Å². The predicted octanol–water partition coefficient (Wildman–Crippen LogP) is 25.4. The summed E-state index contributed by atoms with van der Waals surface area (Å²) in [4.78, 5) is 81.5. The van der Waals surface area contributed by atoms with Crippen LogP contribution in [0.3, 0.4) is 0 Å². The van der Waals surface area contributed by atoms with Gasteiger partial charge in [-0.25, -0.2) is 56.2 Å². The number of nitriles is 6. The molecule has 3 aliphatic heterocycles. The SMILES string of the molecule is [C-]#[N+]c1nc2c(nc1[N+]#[C-])N(c1cc(F)c(F)c(F)c1)c1nc(C#N)c(C#N)nc1N2c1cc(F)c(F)c(F)c1.[C-]#[N+]c1nc2c(nc1[N+]#[C-])N(c1ccc(-c3cccc4ccccc34)cc1)c1nc(C#N)c(C#N)nc1N2c1ccc(-c2cccc3ccccc23)cc1.[C-]#[N+]c1nc2c(nc1[N+]#[C-])N(c1ccc(-c3cccc4ccccc34)cc1)c1nc(C#N)c(C#N)nc1N2c1ccccc1. The molecule has 0 saturated heterocycles. The number of benzene rings is 12. The molecule has 18 aromatic rings. The summed E-state index contributed by atoms with van der Waals surface area (Å²) in [5, 5.41) is 65.5. The third kappa shape index (κ3) is 14.7. The van der Waals surface area contributed by atoms with E-state index in [1.807, 2.05) is 182 Å². The fourth-order valence-electron chi connectivity index (χ4n) is 16.0. The first-order valence-corrected chi connectivity index (χ1v) is 40.4. The molecule has 642 valence electrons. The Bertz CT molecular complexity index is 8200. The van der Waals surface area contributed by atoms with Gasteiger partial charge in [-0.2, -0.15) is 31.6 Å². The third-order valence-electron chi connectivity index (χ3n) is 22.0. The van der Waals surface area contributed by atoms with Crippen LogP contribution in [0.15, 0.2) is 255 Å². The van der Waals surface area contributed by atoms with E-state index in [2.05, 4.69) is 152 Å². The Balaban J connectivity index is 0.000000134. The first kappa shape index (κ1) is 85.6. The predicted molar refractivity (Wildman–Crippen MR) is 496 cm³/mol. The van der Waals surface area contributed by atoms with Gasteiger partial charge < -0.3 is 29.1 Å². The van der Waals surface area contributed by atoms with E-state index < -0.39 is 92.6 Å². The molecule has 138 heavy (non-hydrogen) atoms. The minimum absolute atomic E-state index is 0.155. The molecule has 30 nitrogen and oxygen atoms in total. The second kappa shape index (κ2) is 35.3. The monoisotopic (exact) mass is 1800 g/mol. The highest BCUT2D eigenvalue weighted by atomic mass is 19.2. The van der Waals surface area contributed by atoms with Crippen molar-refractivity contribution in [2.24, 2.45) is 0 Å². The van der Waals surface area contributed by atoms with Crippen molar-refractivity contribution in [1.82, 2.24) is 59.8 Å². The van der Waals surface area contributed by atoms with E-state index in [9.17, 15) is 57.9 Å². The number of rotatable bonds is 9. The molecular weight excluding hydrogens is 1760 g/mol. The van der Waals surface area contributed by atoms with Crippen LogP contribution >= 0.6 is 0 Å². The van der Waals surface area contributed by atoms with E-state index in [0.29, 0.717) is 47.0 Å². The average Bonchev–Trinajstić information content (AvgIpc) is 0.725. The van der Waals surface area contributed by atoms with Gasteiger partial charge >= 0.3 is 34.9 Å². The highest BCUT2D eigenvalue weighted by Crippen LogP contribution is 2.58. The van der Waals surface area contributed by atoms with Crippen LogP contribution in [0.2, 0.25) is 0 Å². The smallest absolute Gasteiger partial charge is 0.300 e. The molecule has 0 fully saturated rings. The lowest BCUT2D eigenvalue weighted by Crippen LogP contribution is -2.29. The number of para-hydroxylation sites is 1. The Labute approximate surface area is 776 Å². The lowest BCUT2D eigenvalue weighted by Gasteiger charge is -2.33. The van der Waals surface area contributed by atoms with Gasteiger partial charge in [0.05, 0.1) is 34.1 Å². The molecule has 0 amide bonds. The summed E-state index contributed by atoms with van der Waals surface area (Å²) < 4.78 is 84.9. The number of halogens is 6. The molecular formula is C102H42F6N30. The summed E-state index contributed by atoms with van der Waals surface area (Å²) in [5.41, 5.74) is 5.59. The van der Waals surface area contributed by atoms with Crippen LogP contribution in [0, 0.1) is 142 Å². The molecule has 0 radical (unpaired) electrons. The Morgan fingerprint density at radius 3 is 0.616 bits per heavy atom. The fraction of sp³-hybridized carbons (Fsp3) is 0. The fourth-order valence-corrected chi connectivity index (χ4v) is 16.0. The molecule has 21 rings (SSSR count). The van der Waals surface area contributed by atoms with Crippen molar-refractivity contribution in [3.63, 3.8) is 0 Å². The first-order chi connectivity index (χ1) is 67.4. The van der Waals surface area contributed by atoms with Crippen molar-refractivity contribution < 1.29 is 26.3 Å². The van der Waals surface area contributed by atoms with E-state index in [4.69, 9.17) is 49.4 Å². The number of hydrogen-bond donors (Lipinski definition) is 0. The molecule has 0 unspecified atom stereocenters. The topological polar surface area (TPSA) is 343 Å². The summed E-state index contributed by atoms with van der Waals surface area (Å²) in [6.07, 6.45) is 0. The van der Waals surface area contributed by atoms with E-state index in [0.717, 1.165) is 75.5 Å². The Morgan fingerprint density at radius 2 is 0.399 bits per heavy atom. The molecule has 0 bridgehead atoms. The standard InChI is InChI=1S/C44H22N10.C34H16N10.C24H4F6N10/c1-47-39-40(48-2)52-44-43(51-39)53(31-21-17-29(18-22-31)35-15-7-11-27-9-3-5-13-33(27)35)41-42(50-38(26-46)37(25-45)49-41)54(44)32-23-19-30(20-24-32)36-16-8-12-28-10-4-6-14-34(28)36;1-37-29-30(38-2)42-34-33(41-29)43(23-11-4-3-5-12-23)31-32(40-28(20-36)27(19-35)39-31)44(34)24-17-15-22(16-18-24)26-14-8-10-21-9-6-7-13-25(21)26;1-33-19-20(34-2)38-24-23(37-19)39(9-3-11(25)17(29)12(26)4-9)21-22(36-16(8-32)15(7-31)35-21)40(24)10-5-13(27)18(30)14(28)6-10/h3-24H;3-18H;3-6H. The number of nitrogens with zero attached hydrogens (tertiary/aromatic N) is 30. The van der Waals surface area contributed by atoms with Gasteiger partial charge in [0, 0.05) is 24.3 Å². The molecule has 0 N–H and O–H groups in total. The van der Waals surface area contributed by atoms with Crippen LogP contribution in [0.1, 0.15) is 34.2 Å². The normalized spacial score (nSPS) is 11.5. The number of fused-ring (bicyclic) bond motifs is 9. The first-order valence-electron chi connectivity index (χ1n) is 40.4.